The van der Waals surface area contributed by atoms with E-state index >= 15 is 0 Å². The highest BCUT2D eigenvalue weighted by Crippen LogP contribution is 2.13. The second kappa shape index (κ2) is 10.8. The van der Waals surface area contributed by atoms with Gasteiger partial charge < -0.3 is 14.5 Å². The fourth-order valence-corrected chi connectivity index (χ4v) is 4.31. The van der Waals surface area contributed by atoms with Crippen LogP contribution in [0.1, 0.15) is 30.2 Å². The normalized spacial score (nSPS) is 12.5. The van der Waals surface area contributed by atoms with Crippen molar-refractivity contribution >= 4 is 28.9 Å². The Hall–Kier alpha value is -3.41. The quantitative estimate of drug-likeness (QED) is 0.530. The molecular formula is C24H25N3O4S. The second-order valence-corrected chi connectivity index (χ2v) is 8.19. The molecule has 166 valence electrons. The topological polar surface area (TPSA) is 97.3 Å². The van der Waals surface area contributed by atoms with Gasteiger partial charge in [-0.2, -0.15) is 5.26 Å². The number of furan rings is 1. The number of hydrogen-bond donors (Lipinski definition) is 1. The zero-order chi connectivity index (χ0) is 23.1. The zero-order valence-corrected chi connectivity index (χ0v) is 19.1. The van der Waals surface area contributed by atoms with Gasteiger partial charge in [0.2, 0.25) is 0 Å². The van der Waals surface area contributed by atoms with Gasteiger partial charge in [-0.3, -0.25) is 14.2 Å². The Morgan fingerprint density at radius 1 is 1.34 bits per heavy atom. The monoisotopic (exact) mass is 451 g/mol. The summed E-state index contributed by atoms with van der Waals surface area (Å²) in [7, 11) is 0. The van der Waals surface area contributed by atoms with Crippen LogP contribution in [0.5, 0.6) is 0 Å². The number of ether oxygens (including phenoxy) is 1. The molecule has 0 saturated carbocycles. The highest BCUT2D eigenvalue weighted by Gasteiger charge is 2.18. The summed E-state index contributed by atoms with van der Waals surface area (Å²) in [6.45, 7) is 7.26. The van der Waals surface area contributed by atoms with E-state index in [0.717, 1.165) is 22.5 Å². The minimum atomic E-state index is -0.520. The lowest BCUT2D eigenvalue weighted by Crippen LogP contribution is -2.34. The van der Waals surface area contributed by atoms with Gasteiger partial charge >= 0.3 is 0 Å². The van der Waals surface area contributed by atoms with Crippen LogP contribution < -0.4 is 20.1 Å². The number of amides is 1. The Morgan fingerprint density at radius 2 is 2.16 bits per heavy atom. The molecule has 7 nitrogen and oxygen atoms in total. The summed E-state index contributed by atoms with van der Waals surface area (Å²) >= 11 is 1.09. The van der Waals surface area contributed by atoms with Crippen molar-refractivity contribution in [3.63, 3.8) is 0 Å². The van der Waals surface area contributed by atoms with Crippen molar-refractivity contribution < 1.29 is 13.9 Å². The standard InChI is InChI=1S/C24H25N3O4S/c1-4-30-11-6-10-26-22(28)19(15-25)24-27(20-9-8-16(2)13-17(20)3)23(29)21(32-24)14-18-7-5-12-31-18/h5,7-9,12-14H,4,6,10-11H2,1-3H3,(H,26,28). The molecule has 0 aliphatic heterocycles. The fraction of sp³-hybridized carbons (Fsp3) is 0.292. The van der Waals surface area contributed by atoms with Crippen molar-refractivity contribution in [3.05, 3.63) is 73.0 Å². The van der Waals surface area contributed by atoms with E-state index in [2.05, 4.69) is 5.32 Å². The molecule has 1 aromatic carbocycles. The van der Waals surface area contributed by atoms with Crippen molar-refractivity contribution in [2.24, 2.45) is 0 Å². The van der Waals surface area contributed by atoms with Crippen LogP contribution in [0.25, 0.3) is 17.3 Å². The minimum absolute atomic E-state index is 0.109. The zero-order valence-electron chi connectivity index (χ0n) is 18.3. The number of aromatic nitrogens is 1. The summed E-state index contributed by atoms with van der Waals surface area (Å²) in [6.07, 6.45) is 3.77. The van der Waals surface area contributed by atoms with Crippen molar-refractivity contribution in [2.75, 3.05) is 19.8 Å². The average Bonchev–Trinajstić information content (AvgIpc) is 3.38. The molecular weight excluding hydrogens is 426 g/mol. The van der Waals surface area contributed by atoms with E-state index < -0.39 is 5.91 Å². The predicted molar refractivity (Wildman–Crippen MR) is 124 cm³/mol. The van der Waals surface area contributed by atoms with E-state index in [1.807, 2.05) is 45.0 Å². The highest BCUT2D eigenvalue weighted by atomic mass is 32.1. The Balaban J connectivity index is 2.17. The number of benzene rings is 1. The maximum atomic E-state index is 13.4. The third kappa shape index (κ3) is 5.25. The van der Waals surface area contributed by atoms with Crippen LogP contribution >= 0.6 is 11.3 Å². The first-order chi connectivity index (χ1) is 15.5. The predicted octanol–water partition coefficient (Wildman–Crippen LogP) is 2.15. The largest absolute Gasteiger partial charge is 0.465 e. The van der Waals surface area contributed by atoms with Gasteiger partial charge in [0, 0.05) is 25.8 Å². The Bertz CT molecular complexity index is 1310. The molecule has 1 N–H and O–H groups in total. The molecule has 3 rings (SSSR count). The van der Waals surface area contributed by atoms with E-state index in [-0.39, 0.29) is 15.8 Å². The maximum Gasteiger partial charge on any atom is 0.273 e. The molecule has 1 amide bonds. The Labute approximate surface area is 189 Å². The Morgan fingerprint density at radius 3 is 2.81 bits per heavy atom. The summed E-state index contributed by atoms with van der Waals surface area (Å²) in [5.41, 5.74) is 2.12. The van der Waals surface area contributed by atoms with E-state index in [0.29, 0.717) is 42.2 Å². The van der Waals surface area contributed by atoms with Crippen molar-refractivity contribution in [3.8, 4) is 11.8 Å². The van der Waals surface area contributed by atoms with Crippen molar-refractivity contribution in [1.29, 1.82) is 5.26 Å². The van der Waals surface area contributed by atoms with E-state index in [1.54, 1.807) is 18.2 Å². The third-order valence-electron chi connectivity index (χ3n) is 4.74. The van der Waals surface area contributed by atoms with Gasteiger partial charge in [-0.1, -0.05) is 17.7 Å². The molecule has 0 fully saturated rings. The summed E-state index contributed by atoms with van der Waals surface area (Å²) in [5, 5.41) is 12.6. The van der Waals surface area contributed by atoms with E-state index in [4.69, 9.17) is 9.15 Å². The molecule has 0 spiro atoms. The molecule has 0 aliphatic rings. The molecule has 2 aromatic heterocycles. The summed E-state index contributed by atoms with van der Waals surface area (Å²) in [4.78, 5) is 26.2. The first kappa shape index (κ1) is 23.3. The summed E-state index contributed by atoms with van der Waals surface area (Å²) in [5.74, 6) is -0.00475. The van der Waals surface area contributed by atoms with Crippen LogP contribution in [-0.2, 0) is 9.53 Å². The SMILES string of the molecule is CCOCCCNC(=O)C(C#N)=c1sc(=Cc2ccco2)c(=O)n1-c1ccc(C)cc1C. The highest BCUT2D eigenvalue weighted by molar-refractivity contribution is 7.07. The van der Waals surface area contributed by atoms with E-state index in [9.17, 15) is 14.9 Å². The number of carbonyl (C=O) groups is 1. The molecule has 2 heterocycles. The molecule has 0 unspecified atom stereocenters. The number of rotatable bonds is 8. The molecule has 0 bridgehead atoms. The number of nitriles is 1. The number of hydrogen-bond acceptors (Lipinski definition) is 6. The number of nitrogens with zero attached hydrogens (tertiary/aromatic N) is 2. The molecule has 0 atom stereocenters. The lowest BCUT2D eigenvalue weighted by atomic mass is 10.1. The van der Waals surface area contributed by atoms with Gasteiger partial charge in [0.1, 0.15) is 16.5 Å². The van der Waals surface area contributed by atoms with Gasteiger partial charge in [-0.05, 0) is 51.0 Å². The van der Waals surface area contributed by atoms with Crippen LogP contribution in [0, 0.1) is 25.2 Å². The number of thiazole rings is 1. The third-order valence-corrected chi connectivity index (χ3v) is 5.83. The molecule has 0 radical (unpaired) electrons. The first-order valence-corrected chi connectivity index (χ1v) is 11.1. The van der Waals surface area contributed by atoms with Crippen LogP contribution in [0.4, 0.5) is 0 Å². The molecule has 0 saturated heterocycles. The lowest BCUT2D eigenvalue weighted by molar-refractivity contribution is -0.115. The number of nitrogens with one attached hydrogen (secondary N) is 1. The van der Waals surface area contributed by atoms with Gasteiger partial charge in [0.25, 0.3) is 11.5 Å². The van der Waals surface area contributed by atoms with Gasteiger partial charge in [0.15, 0.2) is 5.57 Å². The molecule has 0 aliphatic carbocycles. The van der Waals surface area contributed by atoms with Crippen molar-refractivity contribution in [1.82, 2.24) is 9.88 Å². The smallest absolute Gasteiger partial charge is 0.273 e. The number of aryl methyl sites for hydroxylation is 2. The second-order valence-electron chi connectivity index (χ2n) is 7.15. The average molecular weight is 452 g/mol. The maximum absolute atomic E-state index is 13.4. The first-order valence-electron chi connectivity index (χ1n) is 10.3. The number of carbonyl (C=O) groups excluding carboxylic acids is 1. The van der Waals surface area contributed by atoms with Gasteiger partial charge in [-0.25, -0.2) is 0 Å². The van der Waals surface area contributed by atoms with Crippen molar-refractivity contribution in [2.45, 2.75) is 27.2 Å². The molecule has 8 heteroatoms. The van der Waals surface area contributed by atoms with Crippen LogP contribution in [0.15, 0.2) is 45.8 Å². The summed E-state index contributed by atoms with van der Waals surface area (Å²) in [6, 6.07) is 11.1. The molecule has 3 aromatic rings. The van der Waals surface area contributed by atoms with E-state index in [1.165, 1.54) is 10.8 Å². The minimum Gasteiger partial charge on any atom is -0.465 e. The van der Waals surface area contributed by atoms with Crippen LogP contribution in [0.3, 0.4) is 0 Å². The Kier molecular flexibility index (Phi) is 7.82. The van der Waals surface area contributed by atoms with Crippen LogP contribution in [0.2, 0.25) is 0 Å². The lowest BCUT2D eigenvalue weighted by Gasteiger charge is -2.09. The van der Waals surface area contributed by atoms with Gasteiger partial charge in [-0.15, -0.1) is 11.3 Å². The van der Waals surface area contributed by atoms with Gasteiger partial charge in [0.05, 0.1) is 16.5 Å². The summed E-state index contributed by atoms with van der Waals surface area (Å²) < 4.78 is 12.7. The van der Waals surface area contributed by atoms with Crippen LogP contribution in [-0.4, -0.2) is 30.2 Å². The molecule has 32 heavy (non-hydrogen) atoms. The fourth-order valence-electron chi connectivity index (χ4n) is 3.23.